The number of nitrogens with one attached hydrogen (secondary N) is 1. The van der Waals surface area contributed by atoms with Crippen LogP contribution in [0.3, 0.4) is 0 Å². The van der Waals surface area contributed by atoms with Crippen molar-refractivity contribution in [3.05, 3.63) is 93.3 Å². The van der Waals surface area contributed by atoms with Gasteiger partial charge in [-0.3, -0.25) is 14.3 Å². The standard InChI is InChI=1S/C30H38F2N2O6Si/c1-28(2,3)38-18-22-23(40-29(4,5)6)24(35)30(39-22,34-17-21(25(31)32)26(36)33-27(34)37)41(19-13-9-7-10-14-19)20-15-11-8-12-16-20/h7-17,22-25,35,41H,18H2,1-6H3,(H,33,36,37)/t22-,23-,24-,30+/m1/s1. The smallest absolute Gasteiger partial charge is 0.330 e. The summed E-state index contributed by atoms with van der Waals surface area (Å²) in [5, 5.41) is 12.0. The summed E-state index contributed by atoms with van der Waals surface area (Å²) in [4.78, 5) is 28.0. The number of halogens is 2. The number of hydrogen-bond donors (Lipinski definition) is 2. The first-order valence-electron chi connectivity index (χ1n) is 13.6. The number of aromatic nitrogens is 2. The minimum absolute atomic E-state index is 0.00638. The lowest BCUT2D eigenvalue weighted by Crippen LogP contribution is -2.69. The number of rotatable bonds is 8. The summed E-state index contributed by atoms with van der Waals surface area (Å²) >= 11 is 0. The van der Waals surface area contributed by atoms with Gasteiger partial charge < -0.3 is 19.3 Å². The Morgan fingerprint density at radius 2 is 1.51 bits per heavy atom. The third-order valence-electron chi connectivity index (χ3n) is 6.87. The normalized spacial score (nSPS) is 23.4. The first kappa shape index (κ1) is 31.0. The van der Waals surface area contributed by atoms with E-state index in [0.29, 0.717) is 0 Å². The maximum atomic E-state index is 14.1. The predicted molar refractivity (Wildman–Crippen MR) is 155 cm³/mol. The van der Waals surface area contributed by atoms with E-state index in [2.05, 4.69) is 0 Å². The molecule has 1 fully saturated rings. The van der Waals surface area contributed by atoms with Crippen LogP contribution in [0.5, 0.6) is 0 Å². The van der Waals surface area contributed by atoms with Gasteiger partial charge in [0.1, 0.15) is 18.3 Å². The first-order chi connectivity index (χ1) is 19.1. The molecule has 0 spiro atoms. The Hall–Kier alpha value is -2.96. The molecule has 0 amide bonds. The molecule has 0 aliphatic carbocycles. The zero-order chi connectivity index (χ0) is 30.2. The van der Waals surface area contributed by atoms with Crippen LogP contribution in [-0.4, -0.2) is 59.6 Å². The van der Waals surface area contributed by atoms with Crippen molar-refractivity contribution in [1.82, 2.24) is 9.55 Å². The van der Waals surface area contributed by atoms with Crippen LogP contribution in [0.15, 0.2) is 76.4 Å². The van der Waals surface area contributed by atoms with Gasteiger partial charge in [0, 0.05) is 6.20 Å². The Bertz CT molecular complexity index is 1400. The number of aliphatic hydroxyl groups excluding tert-OH is 1. The molecule has 0 unspecified atom stereocenters. The average molecular weight is 589 g/mol. The highest BCUT2D eigenvalue weighted by Crippen LogP contribution is 2.41. The molecule has 4 atom stereocenters. The van der Waals surface area contributed by atoms with E-state index in [-0.39, 0.29) is 6.61 Å². The molecule has 0 bridgehead atoms. The van der Waals surface area contributed by atoms with Crippen LogP contribution in [0.25, 0.3) is 0 Å². The topological polar surface area (TPSA) is 103 Å². The van der Waals surface area contributed by atoms with Gasteiger partial charge in [-0.25, -0.2) is 13.6 Å². The molecular formula is C30H38F2N2O6Si. The lowest BCUT2D eigenvalue weighted by molar-refractivity contribution is -0.141. The summed E-state index contributed by atoms with van der Waals surface area (Å²) < 4.78 is 48.3. The Kier molecular flexibility index (Phi) is 8.86. The fourth-order valence-electron chi connectivity index (χ4n) is 5.27. The van der Waals surface area contributed by atoms with Crippen LogP contribution in [0.4, 0.5) is 8.78 Å². The van der Waals surface area contributed by atoms with Crippen molar-refractivity contribution in [3.8, 4) is 0 Å². The van der Waals surface area contributed by atoms with E-state index in [1.807, 2.05) is 107 Å². The zero-order valence-electron chi connectivity index (χ0n) is 24.1. The number of ether oxygens (including phenoxy) is 3. The van der Waals surface area contributed by atoms with E-state index in [1.165, 1.54) is 0 Å². The van der Waals surface area contributed by atoms with Gasteiger partial charge in [-0.05, 0) is 41.5 Å². The van der Waals surface area contributed by atoms with Gasteiger partial charge in [0.25, 0.3) is 12.0 Å². The van der Waals surface area contributed by atoms with Crippen molar-refractivity contribution >= 4 is 19.2 Å². The number of hydrogen-bond acceptors (Lipinski definition) is 6. The largest absolute Gasteiger partial charge is 0.386 e. The molecule has 2 heterocycles. The van der Waals surface area contributed by atoms with Gasteiger partial charge in [-0.15, -0.1) is 0 Å². The second-order valence-corrected chi connectivity index (χ2v) is 15.3. The van der Waals surface area contributed by atoms with Gasteiger partial charge in [-0.2, -0.15) is 0 Å². The van der Waals surface area contributed by atoms with E-state index in [0.717, 1.165) is 21.1 Å². The fourth-order valence-corrected chi connectivity index (χ4v) is 9.13. The molecule has 41 heavy (non-hydrogen) atoms. The van der Waals surface area contributed by atoms with Crippen LogP contribution in [-0.2, 0) is 19.6 Å². The minimum Gasteiger partial charge on any atom is -0.386 e. The Balaban J connectivity index is 2.07. The third-order valence-corrected chi connectivity index (χ3v) is 10.6. The molecule has 0 saturated carbocycles. The SMILES string of the molecule is CC(C)(C)OC[C@H]1O[C@](n2cc(C(F)F)c(=O)[nH]c2=O)([SiH](c2ccccc2)c2ccccc2)[C@H](O)[C@@H]1OC(C)(C)C. The van der Waals surface area contributed by atoms with Crippen LogP contribution in [0.1, 0.15) is 53.5 Å². The number of benzene rings is 2. The maximum Gasteiger partial charge on any atom is 0.330 e. The summed E-state index contributed by atoms with van der Waals surface area (Å²) in [6.07, 6.45) is -5.76. The van der Waals surface area contributed by atoms with E-state index in [9.17, 15) is 23.5 Å². The van der Waals surface area contributed by atoms with Gasteiger partial charge in [0.15, 0.2) is 14.1 Å². The minimum atomic E-state index is -3.17. The molecule has 1 saturated heterocycles. The summed E-state index contributed by atoms with van der Waals surface area (Å²) in [7, 11) is -2.94. The first-order valence-corrected chi connectivity index (χ1v) is 15.3. The Morgan fingerprint density at radius 3 is 1.98 bits per heavy atom. The molecule has 2 N–H and O–H groups in total. The van der Waals surface area contributed by atoms with Gasteiger partial charge >= 0.3 is 5.69 Å². The molecule has 8 nitrogen and oxygen atoms in total. The van der Waals surface area contributed by atoms with Gasteiger partial charge in [-0.1, -0.05) is 71.0 Å². The predicted octanol–water partition coefficient (Wildman–Crippen LogP) is 2.47. The number of aromatic amines is 1. The van der Waals surface area contributed by atoms with Crippen LogP contribution in [0.2, 0.25) is 0 Å². The average Bonchev–Trinajstić information content (AvgIpc) is 3.14. The van der Waals surface area contributed by atoms with Crippen LogP contribution < -0.4 is 21.6 Å². The molecule has 3 aromatic rings. The summed E-state index contributed by atoms with van der Waals surface area (Å²) in [6, 6.07) is 18.5. The summed E-state index contributed by atoms with van der Waals surface area (Å²) in [5.74, 6) is 0. The van der Waals surface area contributed by atoms with Crippen molar-refractivity contribution in [1.29, 1.82) is 0 Å². The third kappa shape index (κ3) is 6.59. The maximum absolute atomic E-state index is 14.1. The fraction of sp³-hybridized carbons (Fsp3) is 0.467. The lowest BCUT2D eigenvalue weighted by Gasteiger charge is -2.41. The molecule has 4 rings (SSSR count). The second kappa shape index (κ2) is 11.7. The van der Waals surface area contributed by atoms with E-state index in [4.69, 9.17) is 14.2 Å². The highest BCUT2D eigenvalue weighted by molar-refractivity contribution is 6.86. The van der Waals surface area contributed by atoms with Crippen molar-refractivity contribution in [3.63, 3.8) is 0 Å². The van der Waals surface area contributed by atoms with Crippen molar-refractivity contribution in [2.45, 2.75) is 82.8 Å². The molecule has 2 aromatic carbocycles. The molecule has 1 aliphatic heterocycles. The van der Waals surface area contributed by atoms with Crippen LogP contribution >= 0.6 is 0 Å². The molecule has 1 aromatic heterocycles. The number of aliphatic hydroxyl groups is 1. The lowest BCUT2D eigenvalue weighted by atomic mass is 10.1. The van der Waals surface area contributed by atoms with Gasteiger partial charge in [0.2, 0.25) is 0 Å². The Morgan fingerprint density at radius 1 is 0.976 bits per heavy atom. The van der Waals surface area contributed by atoms with Gasteiger partial charge in [0.05, 0.1) is 23.4 Å². The monoisotopic (exact) mass is 588 g/mol. The number of nitrogens with zero attached hydrogens (tertiary/aromatic N) is 1. The highest BCUT2D eigenvalue weighted by atomic mass is 28.3. The molecular weight excluding hydrogens is 550 g/mol. The zero-order valence-corrected chi connectivity index (χ0v) is 25.3. The van der Waals surface area contributed by atoms with Crippen molar-refractivity contribution < 1.29 is 28.1 Å². The molecule has 0 radical (unpaired) electrons. The Labute approximate surface area is 239 Å². The molecule has 11 heteroatoms. The molecule has 1 aliphatic rings. The molecule has 222 valence electrons. The second-order valence-electron chi connectivity index (χ2n) is 12.2. The van der Waals surface area contributed by atoms with E-state index >= 15 is 0 Å². The van der Waals surface area contributed by atoms with Crippen molar-refractivity contribution in [2.75, 3.05) is 6.61 Å². The van der Waals surface area contributed by atoms with Crippen LogP contribution in [0, 0.1) is 0 Å². The van der Waals surface area contributed by atoms with E-state index < -0.39 is 66.9 Å². The van der Waals surface area contributed by atoms with Crippen molar-refractivity contribution in [2.24, 2.45) is 0 Å². The highest BCUT2D eigenvalue weighted by Gasteiger charge is 2.63. The van der Waals surface area contributed by atoms with E-state index in [1.54, 1.807) is 0 Å². The summed E-state index contributed by atoms with van der Waals surface area (Å²) in [5.41, 5.74) is -4.40. The number of alkyl halides is 2. The number of H-pyrrole nitrogens is 1. The quantitative estimate of drug-likeness (QED) is 0.392. The summed E-state index contributed by atoms with van der Waals surface area (Å²) in [6.45, 7) is 11.1.